The van der Waals surface area contributed by atoms with Crippen LogP contribution >= 0.6 is 0 Å². The van der Waals surface area contributed by atoms with Gasteiger partial charge in [0.1, 0.15) is 0 Å². The topological polar surface area (TPSA) is 61.4 Å². The Morgan fingerprint density at radius 2 is 1.88 bits per heavy atom. The molecule has 8 heteroatoms. The Labute approximate surface area is 138 Å². The second-order valence-electron chi connectivity index (χ2n) is 5.86. The molecule has 5 nitrogen and oxygen atoms in total. The third-order valence-corrected chi connectivity index (χ3v) is 3.81. The molecule has 2 rings (SSSR count). The highest BCUT2D eigenvalue weighted by Gasteiger charge is 2.34. The monoisotopic (exact) mass is 343 g/mol. The molecule has 0 spiro atoms. The van der Waals surface area contributed by atoms with Crippen LogP contribution in [-0.4, -0.2) is 55.6 Å². The minimum atomic E-state index is -4.19. The minimum absolute atomic E-state index is 0.00104. The molecule has 1 aliphatic rings. The largest absolute Gasteiger partial charge is 0.401 e. The number of carbonyl (C=O) groups is 2. The van der Waals surface area contributed by atoms with Gasteiger partial charge in [-0.1, -0.05) is 18.2 Å². The number of likely N-dealkylation sites (tertiary alicyclic amines) is 1. The first kappa shape index (κ1) is 18.3. The predicted molar refractivity (Wildman–Crippen MR) is 82.4 cm³/mol. The third kappa shape index (κ3) is 6.19. The van der Waals surface area contributed by atoms with Crippen LogP contribution in [-0.2, 0) is 4.79 Å². The Balaban J connectivity index is 1.64. The highest BCUT2D eigenvalue weighted by Crippen LogP contribution is 2.22. The summed E-state index contributed by atoms with van der Waals surface area (Å²) in [5.41, 5.74) is 0.462. The maximum Gasteiger partial charge on any atom is 0.401 e. The molecule has 0 aromatic heterocycles. The third-order valence-electron chi connectivity index (χ3n) is 3.81. The average Bonchev–Trinajstić information content (AvgIpc) is 2.97. The van der Waals surface area contributed by atoms with E-state index in [0.717, 1.165) is 0 Å². The average molecular weight is 343 g/mol. The number of nitrogens with zero attached hydrogens (tertiary/aromatic N) is 1. The molecule has 0 saturated carbocycles. The van der Waals surface area contributed by atoms with Crippen molar-refractivity contribution < 1.29 is 22.8 Å². The summed E-state index contributed by atoms with van der Waals surface area (Å²) < 4.78 is 36.9. The van der Waals surface area contributed by atoms with Gasteiger partial charge in [0, 0.05) is 18.7 Å². The maximum atomic E-state index is 12.3. The summed E-state index contributed by atoms with van der Waals surface area (Å²) in [6, 6.07) is 8.51. The molecule has 1 aromatic rings. The highest BCUT2D eigenvalue weighted by molar-refractivity contribution is 5.96. The summed E-state index contributed by atoms with van der Waals surface area (Å²) in [7, 11) is 0. The molecule has 0 radical (unpaired) electrons. The molecule has 2 amide bonds. The number of carbonyl (C=O) groups excluding carboxylic acids is 2. The zero-order chi connectivity index (χ0) is 17.6. The number of rotatable bonds is 6. The van der Waals surface area contributed by atoms with Gasteiger partial charge >= 0.3 is 6.18 Å². The normalized spacial score (nSPS) is 18.4. The molecule has 1 fully saturated rings. The SMILES string of the molecule is O=C(CNC(=O)c1ccccc1)NC[C@@H]1CCN(CC(F)(F)F)C1. The Bertz CT molecular complexity index is 563. The number of hydrogen-bond donors (Lipinski definition) is 2. The molecule has 1 aliphatic heterocycles. The van der Waals surface area contributed by atoms with Gasteiger partial charge in [-0.3, -0.25) is 14.5 Å². The Hall–Kier alpha value is -2.09. The Morgan fingerprint density at radius 3 is 2.54 bits per heavy atom. The Morgan fingerprint density at radius 1 is 1.17 bits per heavy atom. The molecule has 0 bridgehead atoms. The molecule has 0 aliphatic carbocycles. The van der Waals surface area contributed by atoms with Crippen LogP contribution < -0.4 is 10.6 Å². The van der Waals surface area contributed by atoms with Gasteiger partial charge in [0.25, 0.3) is 5.91 Å². The molecule has 2 N–H and O–H groups in total. The van der Waals surface area contributed by atoms with Crippen LogP contribution in [0, 0.1) is 5.92 Å². The summed E-state index contributed by atoms with van der Waals surface area (Å²) in [6.45, 7) is -0.0629. The maximum absolute atomic E-state index is 12.3. The van der Waals surface area contributed by atoms with E-state index in [9.17, 15) is 22.8 Å². The Kier molecular flexibility index (Phi) is 6.19. The van der Waals surface area contributed by atoms with Gasteiger partial charge in [-0.05, 0) is 31.0 Å². The first-order chi connectivity index (χ1) is 11.3. The van der Waals surface area contributed by atoms with Gasteiger partial charge < -0.3 is 10.6 Å². The second-order valence-corrected chi connectivity index (χ2v) is 5.86. The molecule has 1 heterocycles. The van der Waals surface area contributed by atoms with Crippen molar-refractivity contribution in [3.8, 4) is 0 Å². The van der Waals surface area contributed by atoms with Crippen molar-refractivity contribution in [2.75, 3.05) is 32.7 Å². The highest BCUT2D eigenvalue weighted by atomic mass is 19.4. The molecular formula is C16H20F3N3O2. The van der Waals surface area contributed by atoms with Gasteiger partial charge in [0.05, 0.1) is 13.1 Å². The number of benzene rings is 1. The van der Waals surface area contributed by atoms with Gasteiger partial charge in [-0.2, -0.15) is 13.2 Å². The molecule has 0 unspecified atom stereocenters. The van der Waals surface area contributed by atoms with E-state index in [0.29, 0.717) is 31.6 Å². The quantitative estimate of drug-likeness (QED) is 0.821. The summed E-state index contributed by atoms with van der Waals surface area (Å²) in [5.74, 6) is -0.697. The van der Waals surface area contributed by atoms with Crippen molar-refractivity contribution in [1.29, 1.82) is 0 Å². The van der Waals surface area contributed by atoms with E-state index in [2.05, 4.69) is 10.6 Å². The molecule has 132 valence electrons. The van der Waals surface area contributed by atoms with E-state index in [-0.39, 0.29) is 24.3 Å². The summed E-state index contributed by atoms with van der Waals surface area (Å²) in [4.78, 5) is 24.8. The minimum Gasteiger partial charge on any atom is -0.354 e. The lowest BCUT2D eigenvalue weighted by Gasteiger charge is -2.18. The van der Waals surface area contributed by atoms with Crippen LogP contribution in [0.4, 0.5) is 13.2 Å². The van der Waals surface area contributed by atoms with Crippen molar-refractivity contribution in [1.82, 2.24) is 15.5 Å². The first-order valence-corrected chi connectivity index (χ1v) is 7.72. The molecule has 24 heavy (non-hydrogen) atoms. The molecule has 1 aromatic carbocycles. The van der Waals surface area contributed by atoms with E-state index in [1.54, 1.807) is 30.3 Å². The van der Waals surface area contributed by atoms with Gasteiger partial charge in [0.15, 0.2) is 0 Å². The van der Waals surface area contributed by atoms with Gasteiger partial charge in [-0.15, -0.1) is 0 Å². The van der Waals surface area contributed by atoms with E-state index < -0.39 is 12.7 Å². The van der Waals surface area contributed by atoms with Crippen LogP contribution in [0.2, 0.25) is 0 Å². The number of alkyl halides is 3. The van der Waals surface area contributed by atoms with Crippen molar-refractivity contribution in [3.05, 3.63) is 35.9 Å². The standard InChI is InChI=1S/C16H20F3N3O2/c17-16(18,19)11-22-7-6-12(10-22)8-20-14(23)9-21-15(24)13-4-2-1-3-5-13/h1-5,12H,6-11H2,(H,20,23)(H,21,24)/t12-/m0/s1. The van der Waals surface area contributed by atoms with E-state index in [1.165, 1.54) is 4.90 Å². The van der Waals surface area contributed by atoms with Gasteiger partial charge in [-0.25, -0.2) is 0 Å². The fourth-order valence-corrected chi connectivity index (χ4v) is 2.65. The van der Waals surface area contributed by atoms with E-state index >= 15 is 0 Å². The molecular weight excluding hydrogens is 323 g/mol. The number of nitrogens with one attached hydrogen (secondary N) is 2. The van der Waals surface area contributed by atoms with Crippen molar-refractivity contribution in [2.24, 2.45) is 5.92 Å². The summed E-state index contributed by atoms with van der Waals surface area (Å²) in [5, 5.41) is 5.16. The van der Waals surface area contributed by atoms with Crippen molar-refractivity contribution in [3.63, 3.8) is 0 Å². The fourth-order valence-electron chi connectivity index (χ4n) is 2.65. The van der Waals surface area contributed by atoms with Crippen molar-refractivity contribution in [2.45, 2.75) is 12.6 Å². The lowest BCUT2D eigenvalue weighted by atomic mass is 10.1. The zero-order valence-corrected chi connectivity index (χ0v) is 13.1. The van der Waals surface area contributed by atoms with Crippen LogP contribution in [0.25, 0.3) is 0 Å². The van der Waals surface area contributed by atoms with Gasteiger partial charge in [0.2, 0.25) is 5.91 Å². The van der Waals surface area contributed by atoms with Crippen LogP contribution in [0.3, 0.4) is 0 Å². The first-order valence-electron chi connectivity index (χ1n) is 7.72. The smallest absolute Gasteiger partial charge is 0.354 e. The fraction of sp³-hybridized carbons (Fsp3) is 0.500. The van der Waals surface area contributed by atoms with Crippen LogP contribution in [0.5, 0.6) is 0 Å². The van der Waals surface area contributed by atoms with Crippen LogP contribution in [0.15, 0.2) is 30.3 Å². The number of hydrogen-bond acceptors (Lipinski definition) is 3. The van der Waals surface area contributed by atoms with E-state index in [1.807, 2.05) is 0 Å². The second kappa shape index (κ2) is 8.14. The number of amides is 2. The predicted octanol–water partition coefficient (Wildman–Crippen LogP) is 1.42. The summed E-state index contributed by atoms with van der Waals surface area (Å²) in [6.07, 6.45) is -3.58. The van der Waals surface area contributed by atoms with Crippen molar-refractivity contribution >= 4 is 11.8 Å². The lowest BCUT2D eigenvalue weighted by Crippen LogP contribution is -2.39. The summed E-state index contributed by atoms with van der Waals surface area (Å²) >= 11 is 0. The van der Waals surface area contributed by atoms with E-state index in [4.69, 9.17) is 0 Å². The molecule has 1 atom stereocenters. The van der Waals surface area contributed by atoms with Crippen LogP contribution in [0.1, 0.15) is 16.8 Å². The molecule has 1 saturated heterocycles. The lowest BCUT2D eigenvalue weighted by molar-refractivity contribution is -0.143. The zero-order valence-electron chi connectivity index (χ0n) is 13.1. The number of halogens is 3.